The maximum Gasteiger partial charge on any atom is 0.259 e. The number of fused-ring (bicyclic) bond motifs is 6. The number of hydrogen-bond acceptors (Lipinski definition) is 6. The largest absolute Gasteiger partial charge is 0.366 e. The van der Waals surface area contributed by atoms with Gasteiger partial charge >= 0.3 is 0 Å². The van der Waals surface area contributed by atoms with Crippen molar-refractivity contribution in [1.82, 2.24) is 24.5 Å². The summed E-state index contributed by atoms with van der Waals surface area (Å²) in [7, 11) is 0. The van der Waals surface area contributed by atoms with Crippen LogP contribution < -0.4 is 10.9 Å². The molecule has 1 aliphatic carbocycles. The van der Waals surface area contributed by atoms with Gasteiger partial charge in [-0.1, -0.05) is 42.5 Å². The summed E-state index contributed by atoms with van der Waals surface area (Å²) in [5, 5.41) is 4.50. The molecule has 6 rings (SSSR count). The van der Waals surface area contributed by atoms with E-state index in [4.69, 9.17) is 0 Å². The lowest BCUT2D eigenvalue weighted by molar-refractivity contribution is 0.104. The number of benzene rings is 2. The molecule has 3 aromatic heterocycles. The lowest BCUT2D eigenvalue weighted by Crippen LogP contribution is -2.26. The predicted molar refractivity (Wildman–Crippen MR) is 117 cm³/mol. The van der Waals surface area contributed by atoms with Crippen molar-refractivity contribution in [3.63, 3.8) is 0 Å². The molecule has 2 N–H and O–H groups in total. The monoisotopic (exact) mass is 408 g/mol. The van der Waals surface area contributed by atoms with Gasteiger partial charge in [-0.05, 0) is 6.07 Å². The zero-order chi connectivity index (χ0) is 20.9. The molecule has 3 heterocycles. The van der Waals surface area contributed by atoms with Crippen molar-refractivity contribution >= 4 is 33.5 Å². The van der Waals surface area contributed by atoms with Gasteiger partial charge in [0.1, 0.15) is 11.8 Å². The minimum absolute atomic E-state index is 0.0431. The molecule has 5 aromatic rings. The van der Waals surface area contributed by atoms with E-state index in [0.717, 1.165) is 5.56 Å². The first-order chi connectivity index (χ1) is 15.2. The molecule has 0 saturated carbocycles. The minimum Gasteiger partial charge on any atom is -0.366 e. The average Bonchev–Trinajstić information content (AvgIpc) is 3.40. The first-order valence-corrected chi connectivity index (χ1v) is 9.91. The van der Waals surface area contributed by atoms with Crippen molar-refractivity contribution in [2.24, 2.45) is 0 Å². The second-order valence-corrected chi connectivity index (χ2v) is 7.35. The van der Waals surface area contributed by atoms with Crippen molar-refractivity contribution in [2.45, 2.75) is 6.54 Å². The van der Waals surface area contributed by atoms with Crippen LogP contribution in [0.25, 0.3) is 33.2 Å². The van der Waals surface area contributed by atoms with E-state index in [1.807, 2.05) is 42.5 Å². The number of nitrogens with one attached hydrogen (secondary N) is 2. The smallest absolute Gasteiger partial charge is 0.259 e. The summed E-state index contributed by atoms with van der Waals surface area (Å²) < 4.78 is 1.69. The number of rotatable bonds is 4. The summed E-state index contributed by atoms with van der Waals surface area (Å²) in [6.45, 7) is 0.805. The molecule has 0 aliphatic heterocycles. The Balaban J connectivity index is 1.47. The Morgan fingerprint density at radius 1 is 0.903 bits per heavy atom. The SMILES string of the molecule is O=C1c2ccccc2-c2c1c1ccccc1c(=O)n2CCNc1ncnc2nc[nH]c12. The van der Waals surface area contributed by atoms with Crippen LogP contribution in [0.2, 0.25) is 0 Å². The van der Waals surface area contributed by atoms with Crippen LogP contribution in [0.5, 0.6) is 0 Å². The molecular weight excluding hydrogens is 392 g/mol. The number of hydrogen-bond donors (Lipinski definition) is 2. The van der Waals surface area contributed by atoms with Crippen LogP contribution in [0.15, 0.2) is 66.0 Å². The number of aromatic nitrogens is 5. The molecule has 0 spiro atoms. The molecule has 0 unspecified atom stereocenters. The molecule has 2 aromatic carbocycles. The summed E-state index contributed by atoms with van der Waals surface area (Å²) in [6, 6.07) is 14.7. The maximum absolute atomic E-state index is 13.4. The third kappa shape index (κ3) is 2.51. The third-order valence-corrected chi connectivity index (χ3v) is 5.68. The molecule has 8 nitrogen and oxygen atoms in total. The fourth-order valence-corrected chi connectivity index (χ4v) is 4.33. The Bertz CT molecular complexity index is 1570. The molecule has 31 heavy (non-hydrogen) atoms. The number of carbonyl (C=O) groups excluding carboxylic acids is 1. The Morgan fingerprint density at radius 2 is 1.68 bits per heavy atom. The highest BCUT2D eigenvalue weighted by Gasteiger charge is 2.32. The molecule has 0 saturated heterocycles. The van der Waals surface area contributed by atoms with Gasteiger partial charge in [0.15, 0.2) is 17.2 Å². The number of H-pyrrole nitrogens is 1. The van der Waals surface area contributed by atoms with Crippen LogP contribution >= 0.6 is 0 Å². The fraction of sp³-hybridized carbons (Fsp3) is 0.0870. The number of pyridine rings is 1. The number of nitrogens with zero attached hydrogens (tertiary/aromatic N) is 4. The Morgan fingerprint density at radius 3 is 2.55 bits per heavy atom. The van der Waals surface area contributed by atoms with Gasteiger partial charge in [-0.2, -0.15) is 0 Å². The molecule has 0 bridgehead atoms. The van der Waals surface area contributed by atoms with Crippen LogP contribution in [-0.4, -0.2) is 36.8 Å². The predicted octanol–water partition coefficient (Wildman–Crippen LogP) is 2.99. The second kappa shape index (κ2) is 6.60. The lowest BCUT2D eigenvalue weighted by atomic mass is 10.0. The van der Waals surface area contributed by atoms with Gasteiger partial charge < -0.3 is 14.9 Å². The van der Waals surface area contributed by atoms with E-state index in [9.17, 15) is 9.59 Å². The lowest BCUT2D eigenvalue weighted by Gasteiger charge is -2.15. The summed E-state index contributed by atoms with van der Waals surface area (Å²) in [6.07, 6.45) is 3.01. The molecule has 0 amide bonds. The summed E-state index contributed by atoms with van der Waals surface area (Å²) >= 11 is 0. The Labute approximate surface area is 175 Å². The van der Waals surface area contributed by atoms with Crippen molar-refractivity contribution in [3.05, 3.63) is 82.7 Å². The average molecular weight is 408 g/mol. The minimum atomic E-state index is -0.116. The van der Waals surface area contributed by atoms with Crippen LogP contribution in [-0.2, 0) is 6.54 Å². The third-order valence-electron chi connectivity index (χ3n) is 5.68. The highest BCUT2D eigenvalue weighted by molar-refractivity contribution is 6.26. The standard InChI is InChI=1S/C23H16N6O2/c30-20-15-7-3-2-6-14(15)19-17(20)13-5-1-4-8-16(13)23(31)29(19)10-9-24-21-18-22(26-11-25-18)28-12-27-21/h1-8,11-12H,9-10H2,(H2,24,25,26,27,28). The first kappa shape index (κ1) is 17.5. The number of aromatic amines is 1. The van der Waals surface area contributed by atoms with Gasteiger partial charge in [-0.25, -0.2) is 15.0 Å². The van der Waals surface area contributed by atoms with E-state index in [0.29, 0.717) is 57.7 Å². The van der Waals surface area contributed by atoms with E-state index >= 15 is 0 Å². The Hall–Kier alpha value is -4.33. The zero-order valence-corrected chi connectivity index (χ0v) is 16.3. The summed E-state index contributed by atoms with van der Waals surface area (Å²) in [5.41, 5.74) is 3.86. The zero-order valence-electron chi connectivity index (χ0n) is 16.3. The van der Waals surface area contributed by atoms with Gasteiger partial charge in [0, 0.05) is 35.0 Å². The maximum atomic E-state index is 13.4. The van der Waals surface area contributed by atoms with E-state index in [-0.39, 0.29) is 11.3 Å². The van der Waals surface area contributed by atoms with Crippen LogP contribution in [0, 0.1) is 0 Å². The highest BCUT2D eigenvalue weighted by Crippen LogP contribution is 2.39. The molecular formula is C23H16N6O2. The van der Waals surface area contributed by atoms with Gasteiger partial charge in [0.25, 0.3) is 5.56 Å². The second-order valence-electron chi connectivity index (χ2n) is 7.35. The van der Waals surface area contributed by atoms with E-state index < -0.39 is 0 Å². The van der Waals surface area contributed by atoms with Crippen LogP contribution in [0.3, 0.4) is 0 Å². The molecule has 1 aliphatic rings. The number of carbonyl (C=O) groups is 1. The highest BCUT2D eigenvalue weighted by atomic mass is 16.1. The van der Waals surface area contributed by atoms with Crippen molar-refractivity contribution in [3.8, 4) is 11.3 Å². The number of anilines is 1. The Kier molecular flexibility index (Phi) is 3.73. The first-order valence-electron chi connectivity index (χ1n) is 9.91. The van der Waals surface area contributed by atoms with Crippen molar-refractivity contribution < 1.29 is 4.79 Å². The molecule has 8 heteroatoms. The normalized spacial score (nSPS) is 12.3. The quantitative estimate of drug-likeness (QED) is 0.465. The van der Waals surface area contributed by atoms with Gasteiger partial charge in [0.2, 0.25) is 0 Å². The topological polar surface area (TPSA) is 106 Å². The van der Waals surface area contributed by atoms with Crippen LogP contribution in [0.4, 0.5) is 5.82 Å². The van der Waals surface area contributed by atoms with Crippen molar-refractivity contribution in [2.75, 3.05) is 11.9 Å². The molecule has 150 valence electrons. The van der Waals surface area contributed by atoms with E-state index in [2.05, 4.69) is 25.3 Å². The van der Waals surface area contributed by atoms with Crippen molar-refractivity contribution in [1.29, 1.82) is 0 Å². The fourth-order valence-electron chi connectivity index (χ4n) is 4.33. The van der Waals surface area contributed by atoms with Crippen LogP contribution in [0.1, 0.15) is 15.9 Å². The number of ketones is 1. The molecule has 0 radical (unpaired) electrons. The summed E-state index contributed by atoms with van der Waals surface area (Å²) in [5.74, 6) is 0.572. The van der Waals surface area contributed by atoms with E-state index in [1.54, 1.807) is 17.0 Å². The van der Waals surface area contributed by atoms with Gasteiger partial charge in [0.05, 0.1) is 17.6 Å². The number of imidazole rings is 1. The molecule has 0 fully saturated rings. The van der Waals surface area contributed by atoms with Gasteiger partial charge in [-0.3, -0.25) is 9.59 Å². The van der Waals surface area contributed by atoms with E-state index in [1.165, 1.54) is 6.33 Å². The summed E-state index contributed by atoms with van der Waals surface area (Å²) in [4.78, 5) is 42.2. The van der Waals surface area contributed by atoms with Gasteiger partial charge in [-0.15, -0.1) is 0 Å². The molecule has 0 atom stereocenters.